The number of hydrogen-bond acceptors (Lipinski definition) is 5. The lowest BCUT2D eigenvalue weighted by Crippen LogP contribution is -2.33. The van der Waals surface area contributed by atoms with E-state index in [9.17, 15) is 8.42 Å². The Hall–Kier alpha value is -2.03. The number of sulfonamides is 1. The van der Waals surface area contributed by atoms with Crippen LogP contribution in [0.5, 0.6) is 0 Å². The zero-order chi connectivity index (χ0) is 19.4. The molecule has 0 fully saturated rings. The summed E-state index contributed by atoms with van der Waals surface area (Å²) >= 11 is 0. The second-order valence-electron chi connectivity index (χ2n) is 7.52. The second-order valence-corrected chi connectivity index (χ2v) is 9.29. The number of allylic oxidation sites excluding steroid dienone is 2. The average molecular weight is 402 g/mol. The topological polar surface area (TPSA) is 80.1 Å². The van der Waals surface area contributed by atoms with Gasteiger partial charge in [0, 0.05) is 32.6 Å². The Morgan fingerprint density at radius 2 is 1.93 bits per heavy atom. The Kier molecular flexibility index (Phi) is 5.89. The van der Waals surface area contributed by atoms with Gasteiger partial charge < -0.3 is 9.47 Å². The number of rotatable bonds is 6. The van der Waals surface area contributed by atoms with E-state index in [1.54, 1.807) is 30.3 Å². The Morgan fingerprint density at radius 3 is 2.71 bits per heavy atom. The van der Waals surface area contributed by atoms with Gasteiger partial charge in [0.15, 0.2) is 0 Å². The van der Waals surface area contributed by atoms with Gasteiger partial charge in [0.25, 0.3) is 0 Å². The molecule has 0 bridgehead atoms. The molecule has 0 spiro atoms. The number of fused-ring (bicyclic) bond motifs is 1. The Labute approximate surface area is 166 Å². The molecule has 0 radical (unpaired) electrons. The highest BCUT2D eigenvalue weighted by Gasteiger charge is 2.22. The fourth-order valence-corrected chi connectivity index (χ4v) is 4.97. The molecule has 1 N–H and O–H groups in total. The van der Waals surface area contributed by atoms with Gasteiger partial charge >= 0.3 is 0 Å². The van der Waals surface area contributed by atoms with E-state index >= 15 is 0 Å². The maximum atomic E-state index is 12.5. The summed E-state index contributed by atoms with van der Waals surface area (Å²) in [6.07, 6.45) is 9.07. The van der Waals surface area contributed by atoms with Gasteiger partial charge in [-0.15, -0.1) is 10.2 Å². The van der Waals surface area contributed by atoms with Crippen molar-refractivity contribution in [2.75, 3.05) is 19.6 Å². The van der Waals surface area contributed by atoms with Crippen LogP contribution in [-0.2, 0) is 29.5 Å². The standard InChI is InChI=1S/C20H27N5O2S/c26-28(27,18-9-5-2-6-10-18)21-15-20-23-22-19-11-12-24(13-14-25(19)20)16-17-7-3-1-4-8-17/h1-3,5-6,9-10,17,21H,4,7-8,11-16H2. The first-order chi connectivity index (χ1) is 13.6. The zero-order valence-corrected chi connectivity index (χ0v) is 16.8. The number of hydrogen-bond donors (Lipinski definition) is 1. The fourth-order valence-electron chi connectivity index (χ4n) is 3.97. The summed E-state index contributed by atoms with van der Waals surface area (Å²) in [6, 6.07) is 8.41. The van der Waals surface area contributed by atoms with Crippen LogP contribution >= 0.6 is 0 Å². The van der Waals surface area contributed by atoms with Crippen LogP contribution in [0.3, 0.4) is 0 Å². The SMILES string of the molecule is O=S(=O)(NCc1nnc2n1CCN(CC1CC=CCC1)CC2)c1ccccc1. The van der Waals surface area contributed by atoms with Crippen molar-refractivity contribution < 1.29 is 8.42 Å². The van der Waals surface area contributed by atoms with Gasteiger partial charge in [-0.1, -0.05) is 30.4 Å². The molecule has 4 rings (SSSR count). The van der Waals surface area contributed by atoms with Gasteiger partial charge in [0.2, 0.25) is 10.0 Å². The predicted molar refractivity (Wildman–Crippen MR) is 107 cm³/mol. The number of benzene rings is 1. The molecular weight excluding hydrogens is 374 g/mol. The van der Waals surface area contributed by atoms with E-state index in [-0.39, 0.29) is 11.4 Å². The summed E-state index contributed by atoms with van der Waals surface area (Å²) < 4.78 is 29.6. The van der Waals surface area contributed by atoms with Crippen LogP contribution in [0.15, 0.2) is 47.4 Å². The molecule has 7 nitrogen and oxygen atoms in total. The van der Waals surface area contributed by atoms with Crippen LogP contribution in [0.4, 0.5) is 0 Å². The maximum Gasteiger partial charge on any atom is 0.240 e. The molecule has 1 aliphatic carbocycles. The quantitative estimate of drug-likeness (QED) is 0.749. The number of nitrogens with zero attached hydrogens (tertiary/aromatic N) is 4. The van der Waals surface area contributed by atoms with E-state index in [1.165, 1.54) is 19.3 Å². The minimum absolute atomic E-state index is 0.150. The van der Waals surface area contributed by atoms with Crippen LogP contribution in [0.1, 0.15) is 30.9 Å². The molecule has 1 atom stereocenters. The Morgan fingerprint density at radius 1 is 1.07 bits per heavy atom. The van der Waals surface area contributed by atoms with Crippen LogP contribution in [0, 0.1) is 5.92 Å². The van der Waals surface area contributed by atoms with Crippen molar-refractivity contribution in [2.24, 2.45) is 5.92 Å². The van der Waals surface area contributed by atoms with Crippen molar-refractivity contribution >= 4 is 10.0 Å². The van der Waals surface area contributed by atoms with E-state index in [0.29, 0.717) is 5.82 Å². The highest BCUT2D eigenvalue weighted by atomic mass is 32.2. The molecule has 0 saturated carbocycles. The van der Waals surface area contributed by atoms with Crippen molar-refractivity contribution in [1.82, 2.24) is 24.4 Å². The first kappa shape index (κ1) is 19.3. The predicted octanol–water partition coefficient (Wildman–Crippen LogP) is 1.97. The van der Waals surface area contributed by atoms with E-state index < -0.39 is 10.0 Å². The third kappa shape index (κ3) is 4.51. The number of nitrogens with one attached hydrogen (secondary N) is 1. The lowest BCUT2D eigenvalue weighted by Gasteiger charge is -2.26. The molecule has 1 aliphatic heterocycles. The zero-order valence-electron chi connectivity index (χ0n) is 16.0. The third-order valence-electron chi connectivity index (χ3n) is 5.56. The van der Waals surface area contributed by atoms with Crippen LogP contribution in [-0.4, -0.2) is 47.7 Å². The summed E-state index contributed by atoms with van der Waals surface area (Å²) in [5.41, 5.74) is 0. The average Bonchev–Trinajstić information content (AvgIpc) is 3.01. The highest BCUT2D eigenvalue weighted by molar-refractivity contribution is 7.89. The van der Waals surface area contributed by atoms with Gasteiger partial charge in [-0.05, 0) is 37.3 Å². The molecule has 8 heteroatoms. The van der Waals surface area contributed by atoms with Crippen LogP contribution < -0.4 is 4.72 Å². The van der Waals surface area contributed by atoms with Gasteiger partial charge in [0.1, 0.15) is 11.6 Å². The van der Waals surface area contributed by atoms with E-state index in [4.69, 9.17) is 0 Å². The molecule has 2 heterocycles. The number of aromatic nitrogens is 3. The molecule has 0 amide bonds. The summed E-state index contributed by atoms with van der Waals surface area (Å²) in [6.45, 7) is 4.00. The lowest BCUT2D eigenvalue weighted by atomic mass is 9.94. The molecule has 2 aromatic rings. The van der Waals surface area contributed by atoms with Crippen molar-refractivity contribution in [1.29, 1.82) is 0 Å². The van der Waals surface area contributed by atoms with Crippen molar-refractivity contribution in [2.45, 2.75) is 43.7 Å². The molecule has 1 unspecified atom stereocenters. The van der Waals surface area contributed by atoms with Gasteiger partial charge in [0.05, 0.1) is 11.4 Å². The first-order valence-electron chi connectivity index (χ1n) is 9.95. The van der Waals surface area contributed by atoms with E-state index in [0.717, 1.165) is 44.3 Å². The molecule has 1 aromatic carbocycles. The van der Waals surface area contributed by atoms with Crippen molar-refractivity contribution in [3.05, 3.63) is 54.1 Å². The first-order valence-corrected chi connectivity index (χ1v) is 11.4. The monoisotopic (exact) mass is 401 g/mol. The van der Waals surface area contributed by atoms with Crippen LogP contribution in [0.2, 0.25) is 0 Å². The normalized spacial score (nSPS) is 20.6. The highest BCUT2D eigenvalue weighted by Crippen LogP contribution is 2.20. The Balaban J connectivity index is 1.38. The summed E-state index contributed by atoms with van der Waals surface area (Å²) in [5.74, 6) is 2.36. The van der Waals surface area contributed by atoms with Crippen molar-refractivity contribution in [3.8, 4) is 0 Å². The van der Waals surface area contributed by atoms with Crippen LogP contribution in [0.25, 0.3) is 0 Å². The summed E-state index contributed by atoms with van der Waals surface area (Å²) in [4.78, 5) is 2.77. The molecule has 1 aromatic heterocycles. The van der Waals surface area contributed by atoms with Crippen molar-refractivity contribution in [3.63, 3.8) is 0 Å². The molecular formula is C20H27N5O2S. The smallest absolute Gasteiger partial charge is 0.240 e. The largest absolute Gasteiger partial charge is 0.313 e. The summed E-state index contributed by atoms with van der Waals surface area (Å²) in [7, 11) is -3.55. The van der Waals surface area contributed by atoms with E-state index in [1.807, 2.05) is 0 Å². The van der Waals surface area contributed by atoms with E-state index in [2.05, 4.69) is 36.5 Å². The summed E-state index contributed by atoms with van der Waals surface area (Å²) in [5, 5.41) is 8.55. The minimum Gasteiger partial charge on any atom is -0.313 e. The van der Waals surface area contributed by atoms with Gasteiger partial charge in [-0.2, -0.15) is 0 Å². The molecule has 150 valence electrons. The molecule has 28 heavy (non-hydrogen) atoms. The lowest BCUT2D eigenvalue weighted by molar-refractivity contribution is 0.226. The Bertz CT molecular complexity index is 923. The van der Waals surface area contributed by atoms with Gasteiger partial charge in [-0.3, -0.25) is 0 Å². The fraction of sp³-hybridized carbons (Fsp3) is 0.500. The minimum atomic E-state index is -3.55. The third-order valence-corrected chi connectivity index (χ3v) is 6.98. The van der Waals surface area contributed by atoms with Gasteiger partial charge in [-0.25, -0.2) is 13.1 Å². The molecule has 0 saturated heterocycles. The second kappa shape index (κ2) is 8.55. The molecule has 2 aliphatic rings. The maximum absolute atomic E-state index is 12.5.